The van der Waals surface area contributed by atoms with E-state index in [1.807, 2.05) is 0 Å². The van der Waals surface area contributed by atoms with Gasteiger partial charge in [-0.25, -0.2) is 57.1 Å². The molecule has 0 aromatic carbocycles. The van der Waals surface area contributed by atoms with Gasteiger partial charge in [0.1, 0.15) is 0 Å². The summed E-state index contributed by atoms with van der Waals surface area (Å²) < 4.78 is 197. The molecule has 4 nitrogen and oxygen atoms in total. The van der Waals surface area contributed by atoms with Crippen molar-refractivity contribution in [2.24, 2.45) is 0 Å². The molecule has 11 unspecified atom stereocenters. The van der Waals surface area contributed by atoms with E-state index < -0.39 is 83.8 Å². The van der Waals surface area contributed by atoms with Gasteiger partial charge in [-0.1, -0.05) is 0 Å². The second kappa shape index (κ2) is 12.1. The summed E-state index contributed by atoms with van der Waals surface area (Å²) in [6, 6.07) is 0. The molecule has 0 aromatic heterocycles. The van der Waals surface area contributed by atoms with Crippen LogP contribution in [0.15, 0.2) is 0 Å². The topological polar surface area (TPSA) is 89.4 Å². The zero-order valence-corrected chi connectivity index (χ0v) is 15.0. The van der Waals surface area contributed by atoms with Crippen molar-refractivity contribution >= 4 is 10.1 Å². The predicted octanol–water partition coefficient (Wildman–Crippen LogP) is 3.98. The first-order chi connectivity index (χ1) is 13.0. The van der Waals surface area contributed by atoms with E-state index in [1.54, 1.807) is 0 Å². The molecule has 0 fully saturated rings. The largest absolute Gasteiger partial charge is 0.344 e. The Hall–Kier alpha value is -1.04. The van der Waals surface area contributed by atoms with Gasteiger partial charge in [0.15, 0.2) is 61.7 Å². The van der Waals surface area contributed by atoms with E-state index >= 15 is 0 Å². The van der Waals surface area contributed by atoms with Crippen molar-refractivity contribution in [1.82, 2.24) is 6.15 Å². The Kier molecular flexibility index (Phi) is 12.6. The Labute approximate surface area is 161 Å². The van der Waals surface area contributed by atoms with Crippen LogP contribution in [0.5, 0.6) is 0 Å². The van der Waals surface area contributed by atoms with Crippen molar-refractivity contribution in [2.75, 3.05) is 0 Å². The molecular weight excluding hydrogens is 485 g/mol. The van der Waals surface area contributed by atoms with Crippen LogP contribution in [-0.2, 0) is 10.1 Å². The summed E-state index contributed by atoms with van der Waals surface area (Å²) in [5.41, 5.74) is -4.19. The third kappa shape index (κ3) is 7.58. The number of alkyl halides is 13. The van der Waals surface area contributed by atoms with Gasteiger partial charge in [0.2, 0.25) is 0 Å². The molecule has 0 aliphatic heterocycles. The SMILES string of the molecule is N.O=S(=O)(O)C(F)C(F)C(F)C(F)C(F)C(F)C(F)C(F)C(F)C(F)C(F)C(F)F. The maximum absolute atomic E-state index is 13.4. The molecule has 0 radical (unpaired) electrons. The molecule has 0 rings (SSSR count). The van der Waals surface area contributed by atoms with Gasteiger partial charge in [-0.05, 0) is 0 Å². The van der Waals surface area contributed by atoms with Crippen molar-refractivity contribution in [3.05, 3.63) is 0 Å². The Morgan fingerprint density at radius 1 is 0.433 bits per heavy atom. The van der Waals surface area contributed by atoms with E-state index in [2.05, 4.69) is 0 Å². The number of hydrogen-bond acceptors (Lipinski definition) is 3. The van der Waals surface area contributed by atoms with Crippen LogP contribution in [0.25, 0.3) is 0 Å². The van der Waals surface area contributed by atoms with Crippen LogP contribution in [0.1, 0.15) is 0 Å². The quantitative estimate of drug-likeness (QED) is 0.313. The first-order valence-corrected chi connectivity index (χ1v) is 8.76. The van der Waals surface area contributed by atoms with E-state index in [9.17, 15) is 65.5 Å². The molecule has 0 aromatic rings. The summed E-state index contributed by atoms with van der Waals surface area (Å²) in [6.45, 7) is 0. The fourth-order valence-electron chi connectivity index (χ4n) is 1.85. The van der Waals surface area contributed by atoms with Crippen LogP contribution in [0.2, 0.25) is 0 Å². The Balaban J connectivity index is 0. The van der Waals surface area contributed by atoms with Crippen LogP contribution in [0.3, 0.4) is 0 Å². The Morgan fingerprint density at radius 2 is 0.633 bits per heavy atom. The molecule has 0 saturated heterocycles. The summed E-state index contributed by atoms with van der Waals surface area (Å²) >= 11 is 0. The molecule has 18 heteroatoms. The average molecular weight is 501 g/mol. The van der Waals surface area contributed by atoms with E-state index in [-0.39, 0.29) is 6.15 Å². The fourth-order valence-corrected chi connectivity index (χ4v) is 2.33. The number of rotatable bonds is 12. The normalized spacial score (nSPS) is 23.8. The minimum atomic E-state index is -5.98. The van der Waals surface area contributed by atoms with E-state index in [0.717, 1.165) is 0 Å². The van der Waals surface area contributed by atoms with Gasteiger partial charge >= 0.3 is 10.1 Å². The van der Waals surface area contributed by atoms with E-state index in [4.69, 9.17) is 4.55 Å². The predicted molar refractivity (Wildman–Crippen MR) is 76.4 cm³/mol. The molecule has 0 bridgehead atoms. The van der Waals surface area contributed by atoms with Crippen LogP contribution < -0.4 is 6.15 Å². The minimum absolute atomic E-state index is 0. The zero-order valence-electron chi connectivity index (χ0n) is 14.2. The van der Waals surface area contributed by atoms with Crippen molar-refractivity contribution in [3.63, 3.8) is 0 Å². The lowest BCUT2D eigenvalue weighted by Crippen LogP contribution is -2.50. The third-order valence-electron chi connectivity index (χ3n) is 3.51. The molecule has 0 amide bonds. The third-order valence-corrected chi connectivity index (χ3v) is 4.34. The van der Waals surface area contributed by atoms with Crippen molar-refractivity contribution < 1.29 is 70.0 Å². The molecular formula is C12H16F13NO3S. The molecule has 11 atom stereocenters. The molecule has 0 saturated carbocycles. The monoisotopic (exact) mass is 501 g/mol. The highest BCUT2D eigenvalue weighted by Gasteiger charge is 2.52. The van der Waals surface area contributed by atoms with Gasteiger partial charge in [-0.15, -0.1) is 0 Å². The Morgan fingerprint density at radius 3 is 0.833 bits per heavy atom. The van der Waals surface area contributed by atoms with Crippen LogP contribution >= 0.6 is 0 Å². The zero-order chi connectivity index (χ0) is 23.4. The lowest BCUT2D eigenvalue weighted by Gasteiger charge is -2.27. The van der Waals surface area contributed by atoms with Crippen LogP contribution in [-0.4, -0.2) is 86.6 Å². The number of hydrogen-bond donors (Lipinski definition) is 2. The van der Waals surface area contributed by atoms with Crippen molar-refractivity contribution in [1.29, 1.82) is 0 Å². The molecule has 4 N–H and O–H groups in total. The van der Waals surface area contributed by atoms with Crippen molar-refractivity contribution in [3.8, 4) is 0 Å². The lowest BCUT2D eigenvalue weighted by atomic mass is 9.96. The van der Waals surface area contributed by atoms with Crippen LogP contribution in [0, 0.1) is 0 Å². The van der Waals surface area contributed by atoms with Crippen molar-refractivity contribution in [2.45, 2.75) is 73.6 Å². The van der Waals surface area contributed by atoms with Gasteiger partial charge in [0.25, 0.3) is 11.9 Å². The highest BCUT2D eigenvalue weighted by Crippen LogP contribution is 2.31. The molecule has 0 spiro atoms. The maximum atomic E-state index is 13.4. The summed E-state index contributed by atoms with van der Waals surface area (Å²) in [7, 11) is -5.98. The van der Waals surface area contributed by atoms with Gasteiger partial charge < -0.3 is 6.15 Å². The summed E-state index contributed by atoms with van der Waals surface area (Å²) in [5.74, 6) is 0. The smallest absolute Gasteiger partial charge is 0.300 e. The second-order valence-corrected chi connectivity index (χ2v) is 7.13. The molecule has 0 heterocycles. The lowest BCUT2D eigenvalue weighted by molar-refractivity contribution is -0.0775. The highest BCUT2D eigenvalue weighted by atomic mass is 32.2. The second-order valence-electron chi connectivity index (χ2n) is 5.64. The maximum Gasteiger partial charge on any atom is 0.300 e. The molecule has 0 aliphatic carbocycles. The number of halogens is 13. The fraction of sp³-hybridized carbons (Fsp3) is 1.00. The Bertz CT molecular complexity index is 602. The van der Waals surface area contributed by atoms with Gasteiger partial charge in [-0.2, -0.15) is 8.42 Å². The van der Waals surface area contributed by atoms with E-state index in [1.165, 1.54) is 0 Å². The van der Waals surface area contributed by atoms with E-state index in [0.29, 0.717) is 0 Å². The highest BCUT2D eigenvalue weighted by molar-refractivity contribution is 7.86. The first kappa shape index (κ1) is 31.1. The minimum Gasteiger partial charge on any atom is -0.344 e. The summed E-state index contributed by atoms with van der Waals surface area (Å²) in [6.07, 6.45) is -46.1. The standard InChI is InChI=1S/C12H13F13O3S.H3N/c13-1(3(15)5(17)7(19)9(21)11(23)24)2(14)4(16)6(18)8(20)10(22)12(25)29(26,27)28;/h1-12H,(H,26,27,28);1H3. The summed E-state index contributed by atoms with van der Waals surface area (Å²) in [4.78, 5) is 0. The first-order valence-electron chi connectivity index (χ1n) is 7.26. The summed E-state index contributed by atoms with van der Waals surface area (Å²) in [5, 5.41) is 0. The van der Waals surface area contributed by atoms with Gasteiger partial charge in [-0.3, -0.25) is 4.55 Å². The molecule has 184 valence electrons. The molecule has 0 aliphatic rings. The van der Waals surface area contributed by atoms with Gasteiger partial charge in [0.05, 0.1) is 0 Å². The van der Waals surface area contributed by atoms with Gasteiger partial charge in [0, 0.05) is 0 Å². The molecule has 30 heavy (non-hydrogen) atoms. The van der Waals surface area contributed by atoms with Crippen LogP contribution in [0.4, 0.5) is 57.1 Å². The average Bonchev–Trinajstić information content (AvgIpc) is 2.66.